The number of alkyl halides is 5. The molecule has 0 aromatic heterocycles. The summed E-state index contributed by atoms with van der Waals surface area (Å²) in [5.74, 6) is -2.60. The number of likely N-dealkylation sites (N-methyl/N-ethyl adjacent to an activating group) is 1. The minimum atomic E-state index is -4.47. The Hall–Kier alpha value is -1.44. The highest BCUT2D eigenvalue weighted by Crippen LogP contribution is 2.33. The summed E-state index contributed by atoms with van der Waals surface area (Å²) in [4.78, 5) is 5.58. The second-order valence-electron chi connectivity index (χ2n) is 6.88. The molecule has 0 aromatic rings. The third-order valence-corrected chi connectivity index (χ3v) is 4.71. The summed E-state index contributed by atoms with van der Waals surface area (Å²) in [7, 11) is 1.64. The topological polar surface area (TPSA) is 27.6 Å². The van der Waals surface area contributed by atoms with Crippen molar-refractivity contribution in [2.24, 2.45) is 10.9 Å². The molecule has 0 saturated carbocycles. The van der Waals surface area contributed by atoms with Crippen molar-refractivity contribution in [1.82, 2.24) is 10.2 Å². The van der Waals surface area contributed by atoms with Crippen LogP contribution >= 0.6 is 0 Å². The smallest absolute Gasteiger partial charge is 0.369 e. The van der Waals surface area contributed by atoms with Crippen LogP contribution in [0.2, 0.25) is 0 Å². The SMILES string of the molecule is C\C=C(/C=N\C(NCC1C(C)CC(F)(F)CN1C)=C(\C)CC)C(F)(F)F. The molecule has 0 radical (unpaired) electrons. The van der Waals surface area contributed by atoms with E-state index in [0.717, 1.165) is 17.9 Å². The molecular weight excluding hydrogens is 353 g/mol. The quantitative estimate of drug-likeness (QED) is 0.530. The Kier molecular flexibility index (Phi) is 7.80. The molecule has 1 rings (SSSR count). The van der Waals surface area contributed by atoms with E-state index >= 15 is 0 Å². The van der Waals surface area contributed by atoms with Crippen molar-refractivity contribution >= 4 is 6.21 Å². The van der Waals surface area contributed by atoms with E-state index in [1.54, 1.807) is 25.8 Å². The second-order valence-corrected chi connectivity index (χ2v) is 6.88. The number of nitrogens with one attached hydrogen (secondary N) is 1. The molecule has 0 aromatic carbocycles. The fourth-order valence-corrected chi connectivity index (χ4v) is 3.07. The van der Waals surface area contributed by atoms with Gasteiger partial charge in [-0.1, -0.05) is 19.9 Å². The number of rotatable bonds is 6. The van der Waals surface area contributed by atoms with E-state index < -0.39 is 17.7 Å². The van der Waals surface area contributed by atoms with Crippen LogP contribution < -0.4 is 5.32 Å². The summed E-state index contributed by atoms with van der Waals surface area (Å²) in [6.45, 7) is 6.74. The zero-order valence-electron chi connectivity index (χ0n) is 15.9. The highest BCUT2D eigenvalue weighted by atomic mass is 19.4. The maximum atomic E-state index is 13.6. The van der Waals surface area contributed by atoms with Crippen LogP contribution in [0, 0.1) is 5.92 Å². The van der Waals surface area contributed by atoms with Crippen LogP contribution in [0.5, 0.6) is 0 Å². The maximum Gasteiger partial charge on any atom is 0.417 e. The highest BCUT2D eigenvalue weighted by molar-refractivity contribution is 5.80. The monoisotopic (exact) mass is 381 g/mol. The first kappa shape index (κ1) is 22.6. The van der Waals surface area contributed by atoms with E-state index in [0.29, 0.717) is 18.8 Å². The average molecular weight is 381 g/mol. The van der Waals surface area contributed by atoms with Crippen LogP contribution in [-0.2, 0) is 0 Å². The molecule has 1 heterocycles. The van der Waals surface area contributed by atoms with Crippen molar-refractivity contribution in [1.29, 1.82) is 0 Å². The van der Waals surface area contributed by atoms with Gasteiger partial charge in [0.15, 0.2) is 0 Å². The fourth-order valence-electron chi connectivity index (χ4n) is 3.07. The predicted molar refractivity (Wildman–Crippen MR) is 94.4 cm³/mol. The first-order valence-corrected chi connectivity index (χ1v) is 8.70. The Labute approximate surface area is 152 Å². The van der Waals surface area contributed by atoms with Gasteiger partial charge in [0, 0.05) is 25.2 Å². The molecule has 1 saturated heterocycles. The molecule has 26 heavy (non-hydrogen) atoms. The molecule has 0 aliphatic carbocycles. The summed E-state index contributed by atoms with van der Waals surface area (Å²) in [6.07, 6.45) is -2.29. The molecule has 3 nitrogen and oxygen atoms in total. The van der Waals surface area contributed by atoms with Gasteiger partial charge in [-0.25, -0.2) is 13.8 Å². The number of aliphatic imine (C=N–C) groups is 1. The third-order valence-electron chi connectivity index (χ3n) is 4.71. The zero-order chi connectivity index (χ0) is 20.1. The van der Waals surface area contributed by atoms with Gasteiger partial charge in [0.1, 0.15) is 5.82 Å². The molecule has 1 aliphatic rings. The minimum Gasteiger partial charge on any atom is -0.369 e. The molecule has 8 heteroatoms. The Morgan fingerprint density at radius 2 is 1.96 bits per heavy atom. The first-order chi connectivity index (χ1) is 11.9. The molecule has 1 N–H and O–H groups in total. The van der Waals surface area contributed by atoms with E-state index in [2.05, 4.69) is 10.3 Å². The molecule has 2 unspecified atom stereocenters. The Bertz CT molecular complexity index is 550. The first-order valence-electron chi connectivity index (χ1n) is 8.70. The van der Waals surface area contributed by atoms with Gasteiger partial charge in [-0.15, -0.1) is 0 Å². The molecule has 150 valence electrons. The molecule has 2 atom stereocenters. The van der Waals surface area contributed by atoms with Crippen molar-refractivity contribution in [2.75, 3.05) is 20.1 Å². The van der Waals surface area contributed by atoms with Crippen LogP contribution in [0.4, 0.5) is 22.0 Å². The van der Waals surface area contributed by atoms with E-state index in [9.17, 15) is 22.0 Å². The molecule has 1 aliphatic heterocycles. The van der Waals surface area contributed by atoms with Crippen molar-refractivity contribution in [2.45, 2.75) is 58.7 Å². The van der Waals surface area contributed by atoms with Crippen molar-refractivity contribution < 1.29 is 22.0 Å². The lowest BCUT2D eigenvalue weighted by Gasteiger charge is -2.41. The van der Waals surface area contributed by atoms with E-state index in [1.807, 2.05) is 6.92 Å². The van der Waals surface area contributed by atoms with Crippen molar-refractivity contribution in [3.8, 4) is 0 Å². The third kappa shape index (κ3) is 6.37. The van der Waals surface area contributed by atoms with Gasteiger partial charge in [0.05, 0.1) is 12.1 Å². The van der Waals surface area contributed by atoms with E-state index in [-0.39, 0.29) is 24.9 Å². The van der Waals surface area contributed by atoms with Gasteiger partial charge in [0.25, 0.3) is 5.92 Å². The number of hydrogen-bond donors (Lipinski definition) is 1. The number of hydrogen-bond acceptors (Lipinski definition) is 3. The lowest BCUT2D eigenvalue weighted by molar-refractivity contribution is -0.0950. The molecule has 0 amide bonds. The Morgan fingerprint density at radius 1 is 1.35 bits per heavy atom. The predicted octanol–water partition coefficient (Wildman–Crippen LogP) is 4.77. The van der Waals surface area contributed by atoms with Crippen LogP contribution in [0.25, 0.3) is 0 Å². The molecule has 1 fully saturated rings. The highest BCUT2D eigenvalue weighted by Gasteiger charge is 2.42. The maximum absolute atomic E-state index is 13.6. The number of piperidine rings is 1. The van der Waals surface area contributed by atoms with Crippen LogP contribution in [0.15, 0.2) is 28.0 Å². The van der Waals surface area contributed by atoms with Gasteiger partial charge in [-0.3, -0.25) is 4.90 Å². The van der Waals surface area contributed by atoms with E-state index in [4.69, 9.17) is 0 Å². The number of allylic oxidation sites excluding steroid dienone is 3. The second kappa shape index (κ2) is 8.97. The summed E-state index contributed by atoms with van der Waals surface area (Å²) >= 11 is 0. The van der Waals surface area contributed by atoms with Gasteiger partial charge in [-0.2, -0.15) is 13.2 Å². The Balaban J connectivity index is 2.88. The number of nitrogens with zero attached hydrogens (tertiary/aromatic N) is 2. The fraction of sp³-hybridized carbons (Fsp3) is 0.722. The summed E-state index contributed by atoms with van der Waals surface area (Å²) in [6, 6.07) is -0.145. The van der Waals surface area contributed by atoms with Gasteiger partial charge in [0.2, 0.25) is 0 Å². The lowest BCUT2D eigenvalue weighted by Crippen LogP contribution is -2.54. The minimum absolute atomic E-state index is 0.145. The number of halogens is 5. The summed E-state index contributed by atoms with van der Waals surface area (Å²) < 4.78 is 65.7. The van der Waals surface area contributed by atoms with Crippen LogP contribution in [0.3, 0.4) is 0 Å². The molecule has 0 spiro atoms. The van der Waals surface area contributed by atoms with Gasteiger partial charge < -0.3 is 5.32 Å². The molecular formula is C18H28F5N3. The van der Waals surface area contributed by atoms with Gasteiger partial charge in [-0.05, 0) is 38.8 Å². The van der Waals surface area contributed by atoms with Crippen molar-refractivity contribution in [3.63, 3.8) is 0 Å². The van der Waals surface area contributed by atoms with E-state index in [1.165, 1.54) is 6.92 Å². The normalized spacial score (nSPS) is 26.2. The number of likely N-dealkylation sites (tertiary alicyclic amines) is 1. The van der Waals surface area contributed by atoms with Crippen LogP contribution in [-0.4, -0.2) is 49.4 Å². The Morgan fingerprint density at radius 3 is 2.42 bits per heavy atom. The average Bonchev–Trinajstić information content (AvgIpc) is 2.49. The van der Waals surface area contributed by atoms with Crippen molar-refractivity contribution in [3.05, 3.63) is 23.0 Å². The van der Waals surface area contributed by atoms with Crippen LogP contribution in [0.1, 0.15) is 40.5 Å². The summed E-state index contributed by atoms with van der Waals surface area (Å²) in [5, 5.41) is 3.06. The summed E-state index contributed by atoms with van der Waals surface area (Å²) in [5.41, 5.74) is -0.0289. The van der Waals surface area contributed by atoms with Gasteiger partial charge >= 0.3 is 6.18 Å². The standard InChI is InChI=1S/C18H28F5N3/c1-6-12(3)16(24-9-14(7-2)18(21,22)23)25-10-15-13(4)8-17(19,20)11-26(15)5/h7,9,13,15,25H,6,8,10-11H2,1-5H3/b14-7+,16-12+,24-9-. The lowest BCUT2D eigenvalue weighted by atomic mass is 9.89. The zero-order valence-corrected chi connectivity index (χ0v) is 15.9. The largest absolute Gasteiger partial charge is 0.417 e. The molecule has 0 bridgehead atoms.